The summed E-state index contributed by atoms with van der Waals surface area (Å²) < 4.78 is 5.84. The Balaban J connectivity index is 1.99. The van der Waals surface area contributed by atoms with Crippen LogP contribution in [0.15, 0.2) is 0 Å². The van der Waals surface area contributed by atoms with E-state index in [1.54, 1.807) is 0 Å². The standard InChI is InChI=1S/C14H26O2/c1-9-10(2)16-11(3)13(9)14(15)12-7-5-4-6-8-12/h9-15H,4-8H2,1-3H3. The van der Waals surface area contributed by atoms with Crippen LogP contribution < -0.4 is 0 Å². The molecule has 1 saturated heterocycles. The smallest absolute Gasteiger partial charge is 0.0624 e. The van der Waals surface area contributed by atoms with Gasteiger partial charge >= 0.3 is 0 Å². The monoisotopic (exact) mass is 226 g/mol. The summed E-state index contributed by atoms with van der Waals surface area (Å²) in [6.07, 6.45) is 6.76. The SMILES string of the molecule is CC1OC(C)C(C(O)C2CCCCC2)C1C. The molecule has 0 aromatic carbocycles. The molecular formula is C14H26O2. The van der Waals surface area contributed by atoms with E-state index >= 15 is 0 Å². The van der Waals surface area contributed by atoms with Crippen LogP contribution in [0.1, 0.15) is 52.9 Å². The van der Waals surface area contributed by atoms with E-state index in [1.807, 2.05) is 0 Å². The molecule has 0 aromatic rings. The first-order valence-electron chi connectivity index (χ1n) is 6.94. The normalized spacial score (nSPS) is 43.5. The van der Waals surface area contributed by atoms with Gasteiger partial charge in [-0.2, -0.15) is 0 Å². The van der Waals surface area contributed by atoms with Gasteiger partial charge in [0.1, 0.15) is 0 Å². The third-order valence-electron chi connectivity index (χ3n) is 4.85. The Hall–Kier alpha value is -0.0800. The molecule has 2 aliphatic rings. The number of ether oxygens (including phenoxy) is 1. The minimum Gasteiger partial charge on any atom is -0.392 e. The fourth-order valence-corrected chi connectivity index (χ4v) is 3.67. The highest BCUT2D eigenvalue weighted by atomic mass is 16.5. The number of hydrogen-bond acceptors (Lipinski definition) is 2. The predicted molar refractivity (Wildman–Crippen MR) is 65.2 cm³/mol. The highest BCUT2D eigenvalue weighted by Gasteiger charge is 2.43. The summed E-state index contributed by atoms with van der Waals surface area (Å²) in [6.45, 7) is 6.48. The molecule has 94 valence electrons. The largest absolute Gasteiger partial charge is 0.392 e. The molecule has 1 heterocycles. The average Bonchev–Trinajstić information content (AvgIpc) is 2.54. The summed E-state index contributed by atoms with van der Waals surface area (Å²) in [5.74, 6) is 1.36. The lowest BCUT2D eigenvalue weighted by Gasteiger charge is -2.33. The van der Waals surface area contributed by atoms with Crippen LogP contribution in [0, 0.1) is 17.8 Å². The van der Waals surface area contributed by atoms with Crippen LogP contribution in [0.5, 0.6) is 0 Å². The maximum Gasteiger partial charge on any atom is 0.0624 e. The van der Waals surface area contributed by atoms with Crippen molar-refractivity contribution in [3.63, 3.8) is 0 Å². The molecule has 1 aliphatic heterocycles. The van der Waals surface area contributed by atoms with Gasteiger partial charge in [0.2, 0.25) is 0 Å². The predicted octanol–water partition coefficient (Wildman–Crippen LogP) is 2.99. The van der Waals surface area contributed by atoms with Crippen LogP contribution in [-0.4, -0.2) is 23.4 Å². The number of aliphatic hydroxyl groups excluding tert-OH is 1. The zero-order valence-corrected chi connectivity index (χ0v) is 10.9. The van der Waals surface area contributed by atoms with Gasteiger partial charge in [-0.15, -0.1) is 0 Å². The molecule has 0 spiro atoms. The van der Waals surface area contributed by atoms with Crippen molar-refractivity contribution < 1.29 is 9.84 Å². The van der Waals surface area contributed by atoms with Gasteiger partial charge in [-0.05, 0) is 38.5 Å². The molecule has 16 heavy (non-hydrogen) atoms. The van der Waals surface area contributed by atoms with Crippen LogP contribution in [0.2, 0.25) is 0 Å². The fourth-order valence-electron chi connectivity index (χ4n) is 3.67. The zero-order chi connectivity index (χ0) is 11.7. The van der Waals surface area contributed by atoms with Crippen molar-refractivity contribution in [3.05, 3.63) is 0 Å². The van der Waals surface area contributed by atoms with Gasteiger partial charge in [0.05, 0.1) is 18.3 Å². The van der Waals surface area contributed by atoms with Crippen molar-refractivity contribution in [3.8, 4) is 0 Å². The van der Waals surface area contributed by atoms with E-state index in [4.69, 9.17) is 4.74 Å². The minimum atomic E-state index is -0.143. The summed E-state index contributed by atoms with van der Waals surface area (Å²) in [6, 6.07) is 0. The second kappa shape index (κ2) is 5.05. The van der Waals surface area contributed by atoms with Gasteiger partial charge in [0.15, 0.2) is 0 Å². The minimum absolute atomic E-state index is 0.143. The number of rotatable bonds is 2. The van der Waals surface area contributed by atoms with E-state index < -0.39 is 0 Å². The molecule has 0 aromatic heterocycles. The zero-order valence-electron chi connectivity index (χ0n) is 10.9. The van der Waals surface area contributed by atoms with E-state index in [0.717, 1.165) is 0 Å². The number of hydrogen-bond donors (Lipinski definition) is 1. The summed E-state index contributed by atoms with van der Waals surface area (Å²) in [5.41, 5.74) is 0. The Morgan fingerprint density at radius 3 is 2.12 bits per heavy atom. The highest BCUT2D eigenvalue weighted by Crippen LogP contribution is 2.40. The Bertz CT molecular complexity index is 223. The number of aliphatic hydroxyl groups is 1. The van der Waals surface area contributed by atoms with Crippen molar-refractivity contribution in [2.24, 2.45) is 17.8 Å². The molecule has 0 bridgehead atoms. The fraction of sp³-hybridized carbons (Fsp3) is 1.00. The molecule has 1 aliphatic carbocycles. The van der Waals surface area contributed by atoms with Crippen LogP contribution >= 0.6 is 0 Å². The lowest BCUT2D eigenvalue weighted by atomic mass is 9.75. The first kappa shape index (κ1) is 12.4. The second-order valence-corrected chi connectivity index (χ2v) is 5.87. The summed E-state index contributed by atoms with van der Waals surface area (Å²) in [7, 11) is 0. The Morgan fingerprint density at radius 2 is 1.62 bits per heavy atom. The molecule has 2 nitrogen and oxygen atoms in total. The third kappa shape index (κ3) is 2.28. The molecule has 0 amide bonds. The van der Waals surface area contributed by atoms with E-state index in [0.29, 0.717) is 23.9 Å². The van der Waals surface area contributed by atoms with Gasteiger partial charge in [0, 0.05) is 5.92 Å². The quantitative estimate of drug-likeness (QED) is 0.784. The Morgan fingerprint density at radius 1 is 1.00 bits per heavy atom. The molecule has 1 N–H and O–H groups in total. The van der Waals surface area contributed by atoms with Crippen LogP contribution in [0.3, 0.4) is 0 Å². The maximum absolute atomic E-state index is 10.6. The summed E-state index contributed by atoms with van der Waals surface area (Å²) in [4.78, 5) is 0. The highest BCUT2D eigenvalue weighted by molar-refractivity contribution is 4.91. The molecule has 2 fully saturated rings. The van der Waals surface area contributed by atoms with Gasteiger partial charge < -0.3 is 9.84 Å². The third-order valence-corrected chi connectivity index (χ3v) is 4.85. The lowest BCUT2D eigenvalue weighted by molar-refractivity contribution is -0.0100. The van der Waals surface area contributed by atoms with Gasteiger partial charge in [-0.1, -0.05) is 26.2 Å². The molecule has 2 rings (SSSR count). The molecular weight excluding hydrogens is 200 g/mol. The van der Waals surface area contributed by atoms with Crippen LogP contribution in [0.25, 0.3) is 0 Å². The first-order valence-corrected chi connectivity index (χ1v) is 6.94. The van der Waals surface area contributed by atoms with Crippen molar-refractivity contribution in [2.75, 3.05) is 0 Å². The molecule has 5 unspecified atom stereocenters. The molecule has 5 atom stereocenters. The Labute approximate surface area is 99.4 Å². The summed E-state index contributed by atoms with van der Waals surface area (Å²) >= 11 is 0. The second-order valence-electron chi connectivity index (χ2n) is 5.87. The maximum atomic E-state index is 10.6. The summed E-state index contributed by atoms with van der Waals surface area (Å²) in [5, 5.41) is 10.6. The van der Waals surface area contributed by atoms with Crippen molar-refractivity contribution in [2.45, 2.75) is 71.2 Å². The van der Waals surface area contributed by atoms with Crippen molar-refractivity contribution in [1.82, 2.24) is 0 Å². The van der Waals surface area contributed by atoms with E-state index in [1.165, 1.54) is 32.1 Å². The van der Waals surface area contributed by atoms with Crippen molar-refractivity contribution >= 4 is 0 Å². The van der Waals surface area contributed by atoms with Crippen LogP contribution in [0.4, 0.5) is 0 Å². The van der Waals surface area contributed by atoms with E-state index in [9.17, 15) is 5.11 Å². The van der Waals surface area contributed by atoms with Gasteiger partial charge in [0.25, 0.3) is 0 Å². The van der Waals surface area contributed by atoms with Crippen LogP contribution in [-0.2, 0) is 4.74 Å². The molecule has 0 radical (unpaired) electrons. The Kier molecular flexibility index (Phi) is 3.91. The molecule has 2 heteroatoms. The first-order chi connectivity index (χ1) is 7.61. The topological polar surface area (TPSA) is 29.5 Å². The van der Waals surface area contributed by atoms with E-state index in [2.05, 4.69) is 20.8 Å². The lowest BCUT2D eigenvalue weighted by Crippen LogP contribution is -2.37. The van der Waals surface area contributed by atoms with Gasteiger partial charge in [-0.3, -0.25) is 0 Å². The van der Waals surface area contributed by atoms with Crippen molar-refractivity contribution in [1.29, 1.82) is 0 Å². The van der Waals surface area contributed by atoms with E-state index in [-0.39, 0.29) is 12.2 Å². The molecule has 1 saturated carbocycles. The van der Waals surface area contributed by atoms with Gasteiger partial charge in [-0.25, -0.2) is 0 Å². The average molecular weight is 226 g/mol.